The number of phenolic OH excluding ortho intramolecular Hbond substituents is 1. The van der Waals surface area contributed by atoms with Crippen molar-refractivity contribution >= 4 is 28.3 Å². The number of fused-ring (bicyclic) bond motifs is 2. The maximum Gasteiger partial charge on any atom is 0.295 e. The summed E-state index contributed by atoms with van der Waals surface area (Å²) in [5.41, 5.74) is 1.87. The van der Waals surface area contributed by atoms with E-state index in [-0.39, 0.29) is 28.3 Å². The van der Waals surface area contributed by atoms with E-state index in [1.807, 2.05) is 0 Å². The molecule has 0 radical (unpaired) electrons. The number of phenols is 1. The third-order valence-electron chi connectivity index (χ3n) is 5.52. The molecule has 6 heteroatoms. The number of amides is 1. The number of Topliss-reactive ketones (excluding diaryl/α,β-unsaturated/α-hetero) is 1. The number of nitrogens with zero attached hydrogens (tertiary/aromatic N) is 1. The molecule has 0 spiro atoms. The number of hydrogen-bond acceptors (Lipinski definition) is 5. The Morgan fingerprint density at radius 3 is 2.42 bits per heavy atom. The minimum atomic E-state index is -0.779. The van der Waals surface area contributed by atoms with E-state index in [1.165, 1.54) is 24.0 Å². The first-order valence-corrected chi connectivity index (χ1v) is 9.75. The molecule has 6 nitrogen and oxygen atoms in total. The topological polar surface area (TPSA) is 87.8 Å². The molecular formula is C25H17NO5. The van der Waals surface area contributed by atoms with Gasteiger partial charge in [0.1, 0.15) is 11.3 Å². The number of carbonyl (C=O) groups excluding carboxylic acids is 2. The summed E-state index contributed by atoms with van der Waals surface area (Å²) in [6, 6.07) is 19.1. The Hall–Kier alpha value is -4.19. The Morgan fingerprint density at radius 2 is 1.71 bits per heavy atom. The number of para-hydroxylation sites is 1. The van der Waals surface area contributed by atoms with E-state index < -0.39 is 11.9 Å². The first-order chi connectivity index (χ1) is 15.0. The van der Waals surface area contributed by atoms with Gasteiger partial charge < -0.3 is 9.52 Å². The van der Waals surface area contributed by atoms with E-state index in [2.05, 4.69) is 0 Å². The van der Waals surface area contributed by atoms with Crippen molar-refractivity contribution in [3.05, 3.63) is 105 Å². The number of rotatable bonds is 3. The molecule has 1 aliphatic rings. The second kappa shape index (κ2) is 6.95. The third kappa shape index (κ3) is 2.92. The van der Waals surface area contributed by atoms with E-state index >= 15 is 0 Å². The lowest BCUT2D eigenvalue weighted by molar-refractivity contribution is 0.0970. The van der Waals surface area contributed by atoms with Crippen molar-refractivity contribution in [1.29, 1.82) is 0 Å². The Labute approximate surface area is 177 Å². The summed E-state index contributed by atoms with van der Waals surface area (Å²) in [5, 5.41) is 10.4. The van der Waals surface area contributed by atoms with Crippen molar-refractivity contribution in [2.45, 2.75) is 13.0 Å². The molecule has 0 saturated heterocycles. The standard InChI is InChI=1S/C25H17NO5/c1-14(27)15-9-11-17(12-10-15)26-22(16-5-4-6-18(28)13-16)21-23(29)19-7-2-3-8-20(19)31-24(21)25(26)30/h2-13,22,28H,1H3. The van der Waals surface area contributed by atoms with E-state index in [1.54, 1.807) is 60.7 Å². The average Bonchev–Trinajstić information content (AvgIpc) is 3.07. The number of hydrogen-bond donors (Lipinski definition) is 1. The summed E-state index contributed by atoms with van der Waals surface area (Å²) in [6.07, 6.45) is 0. The van der Waals surface area contributed by atoms with Crippen LogP contribution < -0.4 is 10.3 Å². The van der Waals surface area contributed by atoms with Crippen LogP contribution in [0.1, 0.15) is 45.0 Å². The van der Waals surface area contributed by atoms with Crippen molar-refractivity contribution in [1.82, 2.24) is 0 Å². The largest absolute Gasteiger partial charge is 0.508 e. The van der Waals surface area contributed by atoms with Gasteiger partial charge in [-0.25, -0.2) is 0 Å². The minimum absolute atomic E-state index is 0.0207. The predicted molar refractivity (Wildman–Crippen MR) is 116 cm³/mol. The maximum atomic E-state index is 13.4. The third-order valence-corrected chi connectivity index (χ3v) is 5.52. The van der Waals surface area contributed by atoms with Gasteiger partial charge in [-0.05, 0) is 61.0 Å². The molecule has 0 aliphatic carbocycles. The van der Waals surface area contributed by atoms with Gasteiger partial charge in [-0.3, -0.25) is 19.3 Å². The second-order valence-corrected chi connectivity index (χ2v) is 7.45. The maximum absolute atomic E-state index is 13.4. The van der Waals surface area contributed by atoms with Crippen molar-refractivity contribution < 1.29 is 19.1 Å². The van der Waals surface area contributed by atoms with Gasteiger partial charge in [-0.15, -0.1) is 0 Å². The van der Waals surface area contributed by atoms with Crippen LogP contribution in [0.5, 0.6) is 5.75 Å². The normalized spacial score (nSPS) is 15.3. The predicted octanol–water partition coefficient (Wildman–Crippen LogP) is 4.45. The Balaban J connectivity index is 1.78. The van der Waals surface area contributed by atoms with Crippen LogP contribution in [0.15, 0.2) is 82.0 Å². The van der Waals surface area contributed by atoms with Gasteiger partial charge in [-0.2, -0.15) is 0 Å². The number of ketones is 1. The van der Waals surface area contributed by atoms with Crippen LogP contribution in [-0.2, 0) is 0 Å². The van der Waals surface area contributed by atoms with Gasteiger partial charge in [-0.1, -0.05) is 24.3 Å². The lowest BCUT2D eigenvalue weighted by Crippen LogP contribution is -2.29. The second-order valence-electron chi connectivity index (χ2n) is 7.45. The van der Waals surface area contributed by atoms with Crippen molar-refractivity contribution in [2.24, 2.45) is 0 Å². The van der Waals surface area contributed by atoms with E-state index in [0.29, 0.717) is 27.8 Å². The van der Waals surface area contributed by atoms with Crippen LogP contribution in [0, 0.1) is 0 Å². The quantitative estimate of drug-likeness (QED) is 0.503. The zero-order valence-electron chi connectivity index (χ0n) is 16.5. The lowest BCUT2D eigenvalue weighted by Gasteiger charge is -2.25. The monoisotopic (exact) mass is 411 g/mol. The van der Waals surface area contributed by atoms with Crippen LogP contribution >= 0.6 is 0 Å². The van der Waals surface area contributed by atoms with Gasteiger partial charge in [0, 0.05) is 11.3 Å². The fourth-order valence-corrected chi connectivity index (χ4v) is 4.05. The molecular weight excluding hydrogens is 394 g/mol. The number of benzene rings is 3. The van der Waals surface area contributed by atoms with Gasteiger partial charge in [0.05, 0.1) is 17.0 Å². The zero-order chi connectivity index (χ0) is 21.7. The Kier molecular flexibility index (Phi) is 4.22. The lowest BCUT2D eigenvalue weighted by atomic mass is 9.98. The smallest absolute Gasteiger partial charge is 0.295 e. The summed E-state index contributed by atoms with van der Waals surface area (Å²) in [4.78, 5) is 40.0. The number of aromatic hydroxyl groups is 1. The summed E-state index contributed by atoms with van der Waals surface area (Å²) >= 11 is 0. The van der Waals surface area contributed by atoms with Gasteiger partial charge in [0.15, 0.2) is 11.2 Å². The van der Waals surface area contributed by atoms with E-state index in [4.69, 9.17) is 4.42 Å². The van der Waals surface area contributed by atoms with Crippen LogP contribution in [-0.4, -0.2) is 16.8 Å². The van der Waals surface area contributed by atoms with E-state index in [0.717, 1.165) is 0 Å². The molecule has 1 amide bonds. The molecule has 31 heavy (non-hydrogen) atoms. The van der Waals surface area contributed by atoms with Crippen LogP contribution in [0.4, 0.5) is 5.69 Å². The summed E-state index contributed by atoms with van der Waals surface area (Å²) in [7, 11) is 0. The molecule has 0 bridgehead atoms. The van der Waals surface area contributed by atoms with Gasteiger partial charge in [0.25, 0.3) is 5.91 Å². The molecule has 4 aromatic rings. The molecule has 5 rings (SSSR count). The average molecular weight is 411 g/mol. The Morgan fingerprint density at radius 1 is 0.968 bits per heavy atom. The molecule has 3 aromatic carbocycles. The molecule has 1 N–H and O–H groups in total. The highest BCUT2D eigenvalue weighted by Crippen LogP contribution is 2.41. The highest BCUT2D eigenvalue weighted by Gasteiger charge is 2.43. The highest BCUT2D eigenvalue weighted by molar-refractivity contribution is 6.11. The summed E-state index contributed by atoms with van der Waals surface area (Å²) in [6.45, 7) is 1.47. The Bertz CT molecular complexity index is 1420. The van der Waals surface area contributed by atoms with Gasteiger partial charge >= 0.3 is 0 Å². The number of carbonyl (C=O) groups is 2. The molecule has 1 unspecified atom stereocenters. The van der Waals surface area contributed by atoms with Crippen molar-refractivity contribution in [2.75, 3.05) is 4.90 Å². The molecule has 1 aliphatic heterocycles. The minimum Gasteiger partial charge on any atom is -0.508 e. The molecule has 152 valence electrons. The first kappa shape index (κ1) is 18.8. The first-order valence-electron chi connectivity index (χ1n) is 9.75. The van der Waals surface area contributed by atoms with Crippen LogP contribution in [0.3, 0.4) is 0 Å². The molecule has 0 fully saturated rings. The van der Waals surface area contributed by atoms with Crippen LogP contribution in [0.25, 0.3) is 11.0 Å². The van der Waals surface area contributed by atoms with Crippen LogP contribution in [0.2, 0.25) is 0 Å². The molecule has 1 atom stereocenters. The summed E-state index contributed by atoms with van der Waals surface area (Å²) < 4.78 is 5.89. The number of anilines is 1. The zero-order valence-corrected chi connectivity index (χ0v) is 16.5. The SMILES string of the molecule is CC(=O)c1ccc(N2C(=O)c3oc4ccccc4c(=O)c3C2c2cccc(O)c2)cc1. The van der Waals surface area contributed by atoms with Crippen molar-refractivity contribution in [3.63, 3.8) is 0 Å². The van der Waals surface area contributed by atoms with E-state index in [9.17, 15) is 19.5 Å². The molecule has 1 aromatic heterocycles. The molecule has 2 heterocycles. The highest BCUT2D eigenvalue weighted by atomic mass is 16.3. The van der Waals surface area contributed by atoms with Gasteiger partial charge in [0.2, 0.25) is 5.76 Å². The van der Waals surface area contributed by atoms with Crippen molar-refractivity contribution in [3.8, 4) is 5.75 Å². The molecule has 0 saturated carbocycles. The summed E-state index contributed by atoms with van der Waals surface area (Å²) in [5.74, 6) is -0.542. The fraction of sp³-hybridized carbons (Fsp3) is 0.0800. The fourth-order valence-electron chi connectivity index (χ4n) is 4.05.